The molecule has 1 atom stereocenters. The fourth-order valence-electron chi connectivity index (χ4n) is 3.93. The molecule has 0 saturated heterocycles. The van der Waals surface area contributed by atoms with Crippen molar-refractivity contribution in [1.29, 1.82) is 0 Å². The molecule has 4 rings (SSSR count). The van der Waals surface area contributed by atoms with E-state index in [9.17, 15) is 25.0 Å². The first-order valence-electron chi connectivity index (χ1n) is 10.6. The Kier molecular flexibility index (Phi) is 6.58. The number of carbonyl (C=O) groups excluding carboxylic acids is 1. The average molecular weight is 459 g/mol. The van der Waals surface area contributed by atoms with Crippen LogP contribution < -0.4 is 5.32 Å². The van der Waals surface area contributed by atoms with Crippen molar-refractivity contribution in [1.82, 2.24) is 15.3 Å². The molecule has 0 bridgehead atoms. The number of amides is 1. The van der Waals surface area contributed by atoms with Crippen LogP contribution >= 0.6 is 0 Å². The van der Waals surface area contributed by atoms with Crippen LogP contribution in [0.25, 0.3) is 10.9 Å². The lowest BCUT2D eigenvalue weighted by molar-refractivity contribution is -0.385. The van der Waals surface area contributed by atoms with Crippen molar-refractivity contribution in [2.24, 2.45) is 0 Å². The van der Waals surface area contributed by atoms with Crippen LogP contribution in [-0.2, 0) is 11.2 Å². The molecular weight excluding hydrogens is 438 g/mol. The number of nitro groups is 2. The summed E-state index contributed by atoms with van der Waals surface area (Å²) in [5.41, 5.74) is 2.57. The lowest BCUT2D eigenvalue weighted by atomic mass is 9.87. The molecule has 2 aromatic heterocycles. The number of nitro benzene ring substituents is 2. The number of aromatic nitrogens is 2. The number of nitrogens with zero attached hydrogens (tertiary/aromatic N) is 3. The minimum atomic E-state index is -0.550. The second kappa shape index (κ2) is 9.90. The largest absolute Gasteiger partial charge is 0.361 e. The molecule has 0 unspecified atom stereocenters. The van der Waals surface area contributed by atoms with E-state index in [0.29, 0.717) is 35.0 Å². The SMILES string of the molecule is O=C(C[C@@H](c1cccc([N+](=O)[O-])c1)c1c[nH]c2ccc([N+](=O)[O-])cc12)NCCc1ccccn1. The number of hydrogen-bond acceptors (Lipinski definition) is 6. The van der Waals surface area contributed by atoms with E-state index in [1.54, 1.807) is 30.6 Å². The van der Waals surface area contributed by atoms with Crippen molar-refractivity contribution in [2.45, 2.75) is 18.8 Å². The van der Waals surface area contributed by atoms with Gasteiger partial charge in [-0.05, 0) is 29.3 Å². The van der Waals surface area contributed by atoms with Crippen LogP contribution in [0.5, 0.6) is 0 Å². The van der Waals surface area contributed by atoms with Crippen LogP contribution in [0.15, 0.2) is 73.1 Å². The Balaban J connectivity index is 1.64. The topological polar surface area (TPSA) is 144 Å². The van der Waals surface area contributed by atoms with Crippen molar-refractivity contribution in [3.63, 3.8) is 0 Å². The summed E-state index contributed by atoms with van der Waals surface area (Å²) < 4.78 is 0. The van der Waals surface area contributed by atoms with E-state index in [4.69, 9.17) is 0 Å². The van der Waals surface area contributed by atoms with Crippen LogP contribution in [-0.4, -0.2) is 32.3 Å². The predicted molar refractivity (Wildman–Crippen MR) is 125 cm³/mol. The lowest BCUT2D eigenvalue weighted by Crippen LogP contribution is -2.27. The molecular formula is C24H21N5O5. The number of aromatic amines is 1. The normalized spacial score (nSPS) is 11.8. The summed E-state index contributed by atoms with van der Waals surface area (Å²) >= 11 is 0. The summed E-state index contributed by atoms with van der Waals surface area (Å²) in [7, 11) is 0. The van der Waals surface area contributed by atoms with Crippen LogP contribution in [0.4, 0.5) is 11.4 Å². The minimum absolute atomic E-state index is 0.0129. The molecule has 0 spiro atoms. The summed E-state index contributed by atoms with van der Waals surface area (Å²) in [6.07, 6.45) is 3.96. The molecule has 0 saturated carbocycles. The maximum absolute atomic E-state index is 12.9. The van der Waals surface area contributed by atoms with Crippen molar-refractivity contribution in [3.05, 3.63) is 110 Å². The zero-order valence-electron chi connectivity index (χ0n) is 18.0. The number of rotatable bonds is 9. The zero-order chi connectivity index (χ0) is 24.1. The first-order valence-corrected chi connectivity index (χ1v) is 10.6. The number of H-pyrrole nitrogens is 1. The van der Waals surface area contributed by atoms with Gasteiger partial charge in [0.15, 0.2) is 0 Å². The Morgan fingerprint density at radius 1 is 1.00 bits per heavy atom. The van der Waals surface area contributed by atoms with Crippen LogP contribution in [0, 0.1) is 20.2 Å². The maximum Gasteiger partial charge on any atom is 0.270 e. The monoisotopic (exact) mass is 459 g/mol. The maximum atomic E-state index is 12.9. The van der Waals surface area contributed by atoms with E-state index in [0.717, 1.165) is 5.69 Å². The smallest absolute Gasteiger partial charge is 0.270 e. The molecule has 34 heavy (non-hydrogen) atoms. The van der Waals surface area contributed by atoms with Crippen molar-refractivity contribution in [2.75, 3.05) is 6.54 Å². The molecule has 10 heteroatoms. The van der Waals surface area contributed by atoms with Gasteiger partial charge in [-0.1, -0.05) is 18.2 Å². The molecule has 2 aromatic carbocycles. The fraction of sp³-hybridized carbons (Fsp3) is 0.167. The first kappa shape index (κ1) is 22.6. The second-order valence-corrected chi connectivity index (χ2v) is 7.76. The minimum Gasteiger partial charge on any atom is -0.361 e. The Labute approximate surface area is 193 Å². The molecule has 4 aromatic rings. The number of nitrogens with one attached hydrogen (secondary N) is 2. The molecule has 2 heterocycles. The molecule has 0 fully saturated rings. The van der Waals surface area contributed by atoms with Crippen LogP contribution in [0.2, 0.25) is 0 Å². The summed E-state index contributed by atoms with van der Waals surface area (Å²) in [6, 6.07) is 16.1. The summed E-state index contributed by atoms with van der Waals surface area (Å²) in [5, 5.41) is 26.1. The van der Waals surface area contributed by atoms with Gasteiger partial charge in [-0.15, -0.1) is 0 Å². The zero-order valence-corrected chi connectivity index (χ0v) is 18.0. The highest BCUT2D eigenvalue weighted by atomic mass is 16.6. The quantitative estimate of drug-likeness (QED) is 0.283. The fourth-order valence-corrected chi connectivity index (χ4v) is 3.93. The number of benzene rings is 2. The molecule has 0 radical (unpaired) electrons. The molecule has 1 amide bonds. The summed E-state index contributed by atoms with van der Waals surface area (Å²) in [5.74, 6) is -0.794. The molecule has 10 nitrogen and oxygen atoms in total. The van der Waals surface area contributed by atoms with E-state index in [-0.39, 0.29) is 23.7 Å². The number of fused-ring (bicyclic) bond motifs is 1. The van der Waals surface area contributed by atoms with Gasteiger partial charge in [-0.3, -0.25) is 30.0 Å². The van der Waals surface area contributed by atoms with E-state index < -0.39 is 15.8 Å². The van der Waals surface area contributed by atoms with Gasteiger partial charge in [0.25, 0.3) is 11.4 Å². The Hall–Kier alpha value is -4.60. The number of pyridine rings is 1. The summed E-state index contributed by atoms with van der Waals surface area (Å²) in [4.78, 5) is 41.8. The molecule has 172 valence electrons. The Morgan fingerprint density at radius 3 is 2.53 bits per heavy atom. The second-order valence-electron chi connectivity index (χ2n) is 7.76. The average Bonchev–Trinajstić information content (AvgIpc) is 3.26. The molecule has 0 aliphatic heterocycles. The van der Waals surface area contributed by atoms with E-state index in [2.05, 4.69) is 15.3 Å². The third-order valence-corrected chi connectivity index (χ3v) is 5.59. The predicted octanol–water partition coefficient (Wildman–Crippen LogP) is 4.26. The van der Waals surface area contributed by atoms with Gasteiger partial charge in [0.05, 0.1) is 9.85 Å². The van der Waals surface area contributed by atoms with Gasteiger partial charge in [0.1, 0.15) is 0 Å². The van der Waals surface area contributed by atoms with Gasteiger partial charge in [-0.2, -0.15) is 0 Å². The molecule has 0 aliphatic carbocycles. The lowest BCUT2D eigenvalue weighted by Gasteiger charge is -2.17. The van der Waals surface area contributed by atoms with Gasteiger partial charge in [0, 0.05) is 78.6 Å². The standard InChI is InChI=1S/C24H21N5O5/c30-24(26-11-9-17-5-1-2-10-25-17)14-20(16-4-3-6-18(12-16)28(31)32)22-15-27-23-8-7-19(29(33)34)13-21(22)23/h1-8,10,12-13,15,20,27H,9,11,14H2,(H,26,30)/t20-/m0/s1. The highest BCUT2D eigenvalue weighted by molar-refractivity contribution is 5.87. The molecule has 0 aliphatic rings. The number of non-ortho nitro benzene ring substituents is 2. The first-order chi connectivity index (χ1) is 16.4. The van der Waals surface area contributed by atoms with E-state index in [1.807, 2.05) is 18.2 Å². The van der Waals surface area contributed by atoms with Crippen LogP contribution in [0.3, 0.4) is 0 Å². The van der Waals surface area contributed by atoms with Gasteiger partial charge in [0.2, 0.25) is 5.91 Å². The van der Waals surface area contributed by atoms with Crippen LogP contribution in [0.1, 0.15) is 29.2 Å². The summed E-state index contributed by atoms with van der Waals surface area (Å²) in [6.45, 7) is 0.386. The molecule has 2 N–H and O–H groups in total. The van der Waals surface area contributed by atoms with E-state index in [1.165, 1.54) is 24.3 Å². The third kappa shape index (κ3) is 5.07. The van der Waals surface area contributed by atoms with Crippen molar-refractivity contribution >= 4 is 28.2 Å². The van der Waals surface area contributed by atoms with Gasteiger partial charge < -0.3 is 10.3 Å². The van der Waals surface area contributed by atoms with Crippen molar-refractivity contribution < 1.29 is 14.6 Å². The number of hydrogen-bond donors (Lipinski definition) is 2. The highest BCUT2D eigenvalue weighted by Gasteiger charge is 2.24. The van der Waals surface area contributed by atoms with Gasteiger partial charge in [-0.25, -0.2) is 0 Å². The highest BCUT2D eigenvalue weighted by Crippen LogP contribution is 2.36. The van der Waals surface area contributed by atoms with Crippen molar-refractivity contribution in [3.8, 4) is 0 Å². The third-order valence-electron chi connectivity index (χ3n) is 5.59. The van der Waals surface area contributed by atoms with Gasteiger partial charge >= 0.3 is 0 Å². The Bertz CT molecular complexity index is 1350. The number of carbonyl (C=O) groups is 1. The Morgan fingerprint density at radius 2 is 1.79 bits per heavy atom. The van der Waals surface area contributed by atoms with E-state index >= 15 is 0 Å².